The van der Waals surface area contributed by atoms with Gasteiger partial charge >= 0.3 is 0 Å². The Morgan fingerprint density at radius 3 is 2.94 bits per heavy atom. The Morgan fingerprint density at radius 2 is 2.18 bits per heavy atom. The number of aromatic nitrogens is 1. The van der Waals surface area contributed by atoms with Crippen LogP contribution in [-0.4, -0.2) is 18.1 Å². The molecular formula is C14H21FN2. The minimum Gasteiger partial charge on any atom is -0.317 e. The molecule has 0 aliphatic heterocycles. The lowest BCUT2D eigenvalue weighted by molar-refractivity contribution is 0.296. The summed E-state index contributed by atoms with van der Waals surface area (Å²) in [7, 11) is 0. The second-order valence-electron chi connectivity index (χ2n) is 4.90. The van der Waals surface area contributed by atoms with Gasteiger partial charge in [0.05, 0.1) is 6.20 Å². The molecule has 0 saturated heterocycles. The molecule has 0 aromatic carbocycles. The second kappa shape index (κ2) is 6.10. The van der Waals surface area contributed by atoms with Gasteiger partial charge in [0.15, 0.2) is 0 Å². The Bertz CT molecular complexity index is 354. The van der Waals surface area contributed by atoms with Crippen LogP contribution in [0.2, 0.25) is 0 Å². The highest BCUT2D eigenvalue weighted by Gasteiger charge is 2.26. The molecule has 0 amide bonds. The zero-order chi connectivity index (χ0) is 12.1. The fourth-order valence-electron chi connectivity index (χ4n) is 2.85. The SMILES string of the molecule is CCNCC1CCCCC1c1cncc(F)c1. The van der Waals surface area contributed by atoms with Crippen molar-refractivity contribution in [2.75, 3.05) is 13.1 Å². The van der Waals surface area contributed by atoms with Crippen molar-refractivity contribution in [1.29, 1.82) is 0 Å². The van der Waals surface area contributed by atoms with Crippen molar-refractivity contribution in [2.45, 2.75) is 38.5 Å². The van der Waals surface area contributed by atoms with E-state index in [0.29, 0.717) is 11.8 Å². The zero-order valence-corrected chi connectivity index (χ0v) is 10.5. The van der Waals surface area contributed by atoms with Gasteiger partial charge in [0.25, 0.3) is 0 Å². The lowest BCUT2D eigenvalue weighted by Gasteiger charge is -2.32. The molecule has 3 heteroatoms. The fourth-order valence-corrected chi connectivity index (χ4v) is 2.85. The molecule has 1 aliphatic rings. The van der Waals surface area contributed by atoms with Crippen molar-refractivity contribution in [3.8, 4) is 0 Å². The van der Waals surface area contributed by atoms with E-state index in [1.165, 1.54) is 31.9 Å². The van der Waals surface area contributed by atoms with Crippen molar-refractivity contribution in [3.05, 3.63) is 29.8 Å². The summed E-state index contributed by atoms with van der Waals surface area (Å²) in [5.41, 5.74) is 1.08. The molecule has 1 heterocycles. The molecule has 2 unspecified atom stereocenters. The number of hydrogen-bond donors (Lipinski definition) is 1. The van der Waals surface area contributed by atoms with E-state index < -0.39 is 0 Å². The smallest absolute Gasteiger partial charge is 0.141 e. The number of nitrogens with zero attached hydrogens (tertiary/aromatic N) is 1. The van der Waals surface area contributed by atoms with Crippen LogP contribution in [0.15, 0.2) is 18.5 Å². The first kappa shape index (κ1) is 12.5. The first-order valence-electron chi connectivity index (χ1n) is 6.62. The van der Waals surface area contributed by atoms with Crippen LogP contribution in [0, 0.1) is 11.7 Å². The van der Waals surface area contributed by atoms with Crippen LogP contribution < -0.4 is 5.32 Å². The molecule has 1 aromatic heterocycles. The van der Waals surface area contributed by atoms with Crippen molar-refractivity contribution in [2.24, 2.45) is 5.92 Å². The lowest BCUT2D eigenvalue weighted by atomic mass is 9.76. The number of pyridine rings is 1. The molecule has 0 spiro atoms. The van der Waals surface area contributed by atoms with Gasteiger partial charge in [-0.1, -0.05) is 19.8 Å². The van der Waals surface area contributed by atoms with E-state index in [1.54, 1.807) is 6.07 Å². The maximum Gasteiger partial charge on any atom is 0.141 e. The Labute approximate surface area is 103 Å². The van der Waals surface area contributed by atoms with Crippen LogP contribution in [0.3, 0.4) is 0 Å². The summed E-state index contributed by atoms with van der Waals surface area (Å²) in [5, 5.41) is 3.42. The summed E-state index contributed by atoms with van der Waals surface area (Å²) in [5.74, 6) is 0.897. The topological polar surface area (TPSA) is 24.9 Å². The maximum absolute atomic E-state index is 13.2. The van der Waals surface area contributed by atoms with Crippen LogP contribution in [0.1, 0.15) is 44.1 Å². The summed E-state index contributed by atoms with van der Waals surface area (Å²) < 4.78 is 13.2. The van der Waals surface area contributed by atoms with Crippen LogP contribution >= 0.6 is 0 Å². The van der Waals surface area contributed by atoms with Gasteiger partial charge in [0, 0.05) is 6.20 Å². The molecule has 17 heavy (non-hydrogen) atoms. The van der Waals surface area contributed by atoms with Crippen molar-refractivity contribution >= 4 is 0 Å². The third-order valence-corrected chi connectivity index (χ3v) is 3.72. The average molecular weight is 236 g/mol. The molecule has 0 radical (unpaired) electrons. The van der Waals surface area contributed by atoms with Crippen LogP contribution in [0.25, 0.3) is 0 Å². The Kier molecular flexibility index (Phi) is 4.49. The number of hydrogen-bond acceptors (Lipinski definition) is 2. The highest BCUT2D eigenvalue weighted by atomic mass is 19.1. The minimum absolute atomic E-state index is 0.213. The standard InChI is InChI=1S/C14H21FN2/c1-2-16-8-11-5-3-4-6-14(11)12-7-13(15)10-17-9-12/h7,9-11,14,16H,2-6,8H2,1H3. The van der Waals surface area contributed by atoms with Gasteiger partial charge in [-0.05, 0) is 49.4 Å². The van der Waals surface area contributed by atoms with Crippen molar-refractivity contribution in [1.82, 2.24) is 10.3 Å². The highest BCUT2D eigenvalue weighted by Crippen LogP contribution is 2.37. The summed E-state index contributed by atoms with van der Waals surface area (Å²) in [4.78, 5) is 3.98. The average Bonchev–Trinajstić information content (AvgIpc) is 2.37. The van der Waals surface area contributed by atoms with E-state index in [-0.39, 0.29) is 5.82 Å². The van der Waals surface area contributed by atoms with E-state index in [1.807, 2.05) is 6.20 Å². The molecule has 2 atom stereocenters. The summed E-state index contributed by atoms with van der Waals surface area (Å²) >= 11 is 0. The van der Waals surface area contributed by atoms with Gasteiger partial charge < -0.3 is 5.32 Å². The number of rotatable bonds is 4. The van der Waals surface area contributed by atoms with E-state index in [9.17, 15) is 4.39 Å². The quantitative estimate of drug-likeness (QED) is 0.869. The molecule has 1 N–H and O–H groups in total. The summed E-state index contributed by atoms with van der Waals surface area (Å²) in [6.45, 7) is 4.17. The minimum atomic E-state index is -0.213. The third-order valence-electron chi connectivity index (χ3n) is 3.72. The van der Waals surface area contributed by atoms with Crippen LogP contribution in [-0.2, 0) is 0 Å². The van der Waals surface area contributed by atoms with Gasteiger partial charge in [-0.2, -0.15) is 0 Å². The number of halogens is 1. The van der Waals surface area contributed by atoms with Gasteiger partial charge in [0.2, 0.25) is 0 Å². The number of nitrogens with one attached hydrogen (secondary N) is 1. The van der Waals surface area contributed by atoms with E-state index in [4.69, 9.17) is 0 Å². The molecule has 0 bridgehead atoms. The van der Waals surface area contributed by atoms with Gasteiger partial charge in [0.1, 0.15) is 5.82 Å². The summed E-state index contributed by atoms with van der Waals surface area (Å²) in [6.07, 6.45) is 8.08. The molecule has 2 rings (SSSR count). The first-order valence-corrected chi connectivity index (χ1v) is 6.62. The molecule has 1 aromatic rings. The second-order valence-corrected chi connectivity index (χ2v) is 4.90. The van der Waals surface area contributed by atoms with Gasteiger partial charge in [-0.25, -0.2) is 4.39 Å². The lowest BCUT2D eigenvalue weighted by Crippen LogP contribution is -2.29. The zero-order valence-electron chi connectivity index (χ0n) is 10.5. The van der Waals surface area contributed by atoms with Crippen molar-refractivity contribution in [3.63, 3.8) is 0 Å². The Balaban J connectivity index is 2.10. The van der Waals surface area contributed by atoms with Gasteiger partial charge in [-0.15, -0.1) is 0 Å². The van der Waals surface area contributed by atoms with E-state index >= 15 is 0 Å². The van der Waals surface area contributed by atoms with E-state index in [2.05, 4.69) is 17.2 Å². The third kappa shape index (κ3) is 3.25. The normalized spacial score (nSPS) is 24.8. The van der Waals surface area contributed by atoms with Gasteiger partial charge in [-0.3, -0.25) is 4.98 Å². The van der Waals surface area contributed by atoms with E-state index in [0.717, 1.165) is 18.7 Å². The first-order chi connectivity index (χ1) is 8.31. The molecular weight excluding hydrogens is 215 g/mol. The predicted octanol–water partition coefficient (Wildman–Crippen LogP) is 3.10. The predicted molar refractivity (Wildman–Crippen MR) is 67.4 cm³/mol. The maximum atomic E-state index is 13.2. The monoisotopic (exact) mass is 236 g/mol. The largest absolute Gasteiger partial charge is 0.317 e. The summed E-state index contributed by atoms with van der Waals surface area (Å²) in [6, 6.07) is 1.65. The molecule has 1 saturated carbocycles. The molecule has 94 valence electrons. The Hall–Kier alpha value is -0.960. The van der Waals surface area contributed by atoms with Crippen LogP contribution in [0.4, 0.5) is 4.39 Å². The molecule has 1 fully saturated rings. The Morgan fingerprint density at radius 1 is 1.35 bits per heavy atom. The molecule has 2 nitrogen and oxygen atoms in total. The van der Waals surface area contributed by atoms with Crippen molar-refractivity contribution < 1.29 is 4.39 Å². The van der Waals surface area contributed by atoms with Crippen LogP contribution in [0.5, 0.6) is 0 Å². The molecule has 1 aliphatic carbocycles. The highest BCUT2D eigenvalue weighted by molar-refractivity contribution is 5.17. The fraction of sp³-hybridized carbons (Fsp3) is 0.643.